The molecule has 2 amide bonds. The number of anilines is 1. The molecule has 0 fully saturated rings. The van der Waals surface area contributed by atoms with Gasteiger partial charge in [0.05, 0.1) is 46.6 Å². The SMILES string of the molecule is COc1ccc(/C=N\NC(=O)C(=NNc2cccc(Cl)c2)C(=O)N/N=C\c2ccc(OC)c(OC)c2)cc1OC. The molecule has 0 aromatic heterocycles. The zero-order chi connectivity index (χ0) is 28.9. The normalized spacial score (nSPS) is 10.6. The molecule has 3 rings (SSSR count). The van der Waals surface area contributed by atoms with E-state index in [2.05, 4.69) is 31.6 Å². The first-order chi connectivity index (χ1) is 19.4. The summed E-state index contributed by atoms with van der Waals surface area (Å²) in [6.07, 6.45) is 2.74. The van der Waals surface area contributed by atoms with Crippen LogP contribution < -0.4 is 35.2 Å². The minimum absolute atomic E-state index is 0.440. The number of benzene rings is 3. The second-order valence-electron chi connectivity index (χ2n) is 7.71. The van der Waals surface area contributed by atoms with E-state index < -0.39 is 17.5 Å². The molecule has 12 nitrogen and oxygen atoms in total. The van der Waals surface area contributed by atoms with Gasteiger partial charge in [0, 0.05) is 5.02 Å². The number of hydrogen-bond donors (Lipinski definition) is 3. The molecular formula is C27H27ClN6O6. The summed E-state index contributed by atoms with van der Waals surface area (Å²) in [7, 11) is 6.05. The first-order valence-corrected chi connectivity index (χ1v) is 12.0. The van der Waals surface area contributed by atoms with Crippen LogP contribution in [0.3, 0.4) is 0 Å². The zero-order valence-electron chi connectivity index (χ0n) is 22.1. The third kappa shape index (κ3) is 8.20. The van der Waals surface area contributed by atoms with E-state index in [-0.39, 0.29) is 0 Å². The first-order valence-electron chi connectivity index (χ1n) is 11.6. The van der Waals surface area contributed by atoms with Crippen LogP contribution in [0.25, 0.3) is 0 Å². The Morgan fingerprint density at radius 2 is 1.20 bits per heavy atom. The maximum absolute atomic E-state index is 12.9. The lowest BCUT2D eigenvalue weighted by Gasteiger charge is -2.08. The Morgan fingerprint density at radius 1 is 0.700 bits per heavy atom. The molecule has 0 atom stereocenters. The Balaban J connectivity index is 1.76. The van der Waals surface area contributed by atoms with Gasteiger partial charge in [-0.05, 0) is 65.7 Å². The minimum Gasteiger partial charge on any atom is -0.493 e. The van der Waals surface area contributed by atoms with Crippen LogP contribution in [0.15, 0.2) is 76.0 Å². The maximum Gasteiger partial charge on any atom is 0.297 e. The van der Waals surface area contributed by atoms with Crippen LogP contribution in [0, 0.1) is 0 Å². The van der Waals surface area contributed by atoms with E-state index in [9.17, 15) is 9.59 Å². The standard InChI is InChI=1S/C27H27ClN6O6/c1-37-21-10-8-17(12-23(21)39-3)15-29-33-26(35)25(32-31-20-7-5-6-19(28)14-20)27(36)34-30-16-18-9-11-22(38-2)24(13-18)40-4/h5-16,31H,1-4H3,(H,33,35)(H,34,36)/b29-15-,30-16-. The number of carbonyl (C=O) groups excluding carboxylic acids is 2. The lowest BCUT2D eigenvalue weighted by molar-refractivity contribution is -0.118. The molecule has 40 heavy (non-hydrogen) atoms. The third-order valence-electron chi connectivity index (χ3n) is 5.13. The van der Waals surface area contributed by atoms with Gasteiger partial charge < -0.3 is 18.9 Å². The van der Waals surface area contributed by atoms with Crippen LogP contribution in [0.4, 0.5) is 5.69 Å². The Morgan fingerprint density at radius 3 is 1.65 bits per heavy atom. The quantitative estimate of drug-likeness (QED) is 0.173. The summed E-state index contributed by atoms with van der Waals surface area (Å²) < 4.78 is 20.9. The topological polar surface area (TPSA) is 144 Å². The molecule has 13 heteroatoms. The predicted octanol–water partition coefficient (Wildman–Crippen LogP) is 3.44. The van der Waals surface area contributed by atoms with Crippen LogP contribution in [0.5, 0.6) is 23.0 Å². The largest absolute Gasteiger partial charge is 0.493 e. The van der Waals surface area contributed by atoms with Gasteiger partial charge >= 0.3 is 0 Å². The van der Waals surface area contributed by atoms with Crippen molar-refractivity contribution in [3.8, 4) is 23.0 Å². The summed E-state index contributed by atoms with van der Waals surface area (Å²) >= 11 is 6.00. The predicted molar refractivity (Wildman–Crippen MR) is 153 cm³/mol. The molecule has 0 heterocycles. The number of ether oxygens (including phenoxy) is 4. The van der Waals surface area contributed by atoms with Gasteiger partial charge in [0.15, 0.2) is 23.0 Å². The van der Waals surface area contributed by atoms with Crippen LogP contribution >= 0.6 is 11.6 Å². The Labute approximate surface area is 235 Å². The van der Waals surface area contributed by atoms with Crippen molar-refractivity contribution in [1.29, 1.82) is 0 Å². The Hall–Kier alpha value is -5.10. The van der Waals surface area contributed by atoms with Crippen molar-refractivity contribution < 1.29 is 28.5 Å². The highest BCUT2D eigenvalue weighted by Crippen LogP contribution is 2.27. The van der Waals surface area contributed by atoms with Gasteiger partial charge in [0.2, 0.25) is 5.71 Å². The molecule has 208 valence electrons. The molecule has 0 saturated heterocycles. The molecule has 0 bridgehead atoms. The van der Waals surface area contributed by atoms with Crippen LogP contribution in [0.1, 0.15) is 11.1 Å². The van der Waals surface area contributed by atoms with E-state index in [0.29, 0.717) is 44.8 Å². The zero-order valence-corrected chi connectivity index (χ0v) is 22.9. The van der Waals surface area contributed by atoms with Gasteiger partial charge in [-0.25, -0.2) is 10.9 Å². The smallest absolute Gasteiger partial charge is 0.297 e. The molecule has 3 N–H and O–H groups in total. The second kappa shape index (κ2) is 14.7. The van der Waals surface area contributed by atoms with Crippen molar-refractivity contribution in [2.24, 2.45) is 15.3 Å². The number of hydrogen-bond acceptors (Lipinski definition) is 10. The van der Waals surface area contributed by atoms with Crippen molar-refractivity contribution in [2.75, 3.05) is 33.9 Å². The van der Waals surface area contributed by atoms with Crippen LogP contribution in [-0.2, 0) is 9.59 Å². The summed E-state index contributed by atoms with van der Waals surface area (Å²) in [5.74, 6) is 0.246. The van der Waals surface area contributed by atoms with Gasteiger partial charge in [-0.1, -0.05) is 17.7 Å². The van der Waals surface area contributed by atoms with Crippen molar-refractivity contribution >= 4 is 47.2 Å². The van der Waals surface area contributed by atoms with Gasteiger partial charge in [-0.2, -0.15) is 15.3 Å². The van der Waals surface area contributed by atoms with E-state index in [0.717, 1.165) is 0 Å². The number of carbonyl (C=O) groups is 2. The summed E-state index contributed by atoms with van der Waals surface area (Å²) in [6, 6.07) is 16.7. The van der Waals surface area contributed by atoms with Crippen molar-refractivity contribution in [2.45, 2.75) is 0 Å². The molecule has 0 saturated carbocycles. The molecule has 0 aliphatic heterocycles. The van der Waals surface area contributed by atoms with Crippen molar-refractivity contribution in [3.05, 3.63) is 76.8 Å². The number of nitrogens with one attached hydrogen (secondary N) is 3. The fourth-order valence-corrected chi connectivity index (χ4v) is 3.38. The second-order valence-corrected chi connectivity index (χ2v) is 8.15. The van der Waals surface area contributed by atoms with E-state index >= 15 is 0 Å². The Kier molecular flexibility index (Phi) is 10.9. The molecular weight excluding hydrogens is 540 g/mol. The lowest BCUT2D eigenvalue weighted by atomic mass is 10.2. The number of hydrazone groups is 3. The van der Waals surface area contributed by atoms with E-state index in [4.69, 9.17) is 30.5 Å². The highest BCUT2D eigenvalue weighted by atomic mass is 35.5. The maximum atomic E-state index is 12.9. The first kappa shape index (κ1) is 29.5. The van der Waals surface area contributed by atoms with Crippen LogP contribution in [0.2, 0.25) is 5.02 Å². The molecule has 0 radical (unpaired) electrons. The summed E-state index contributed by atoms with van der Waals surface area (Å²) in [4.78, 5) is 25.7. The average Bonchev–Trinajstić information content (AvgIpc) is 2.97. The molecule has 0 aliphatic rings. The molecule has 0 spiro atoms. The number of halogens is 1. The number of methoxy groups -OCH3 is 4. The van der Waals surface area contributed by atoms with E-state index in [1.165, 1.54) is 40.9 Å². The molecule has 0 unspecified atom stereocenters. The monoisotopic (exact) mass is 566 g/mol. The van der Waals surface area contributed by atoms with Gasteiger partial charge in [0.1, 0.15) is 0 Å². The molecule has 0 aliphatic carbocycles. The number of nitrogens with zero attached hydrogens (tertiary/aromatic N) is 3. The fraction of sp³-hybridized carbons (Fsp3) is 0.148. The molecule has 3 aromatic carbocycles. The lowest BCUT2D eigenvalue weighted by Crippen LogP contribution is -2.39. The minimum atomic E-state index is -0.898. The van der Waals surface area contributed by atoms with Gasteiger partial charge in [-0.3, -0.25) is 15.0 Å². The third-order valence-corrected chi connectivity index (χ3v) is 5.36. The fourth-order valence-electron chi connectivity index (χ4n) is 3.19. The van der Waals surface area contributed by atoms with Gasteiger partial charge in [0.25, 0.3) is 11.8 Å². The highest BCUT2D eigenvalue weighted by Gasteiger charge is 2.20. The summed E-state index contributed by atoms with van der Waals surface area (Å²) in [5.41, 5.74) is 8.32. The number of rotatable bonds is 12. The highest BCUT2D eigenvalue weighted by molar-refractivity contribution is 6.65. The van der Waals surface area contributed by atoms with Crippen LogP contribution in [-0.4, -0.2) is 58.4 Å². The van der Waals surface area contributed by atoms with Gasteiger partial charge in [-0.15, -0.1) is 0 Å². The summed E-state index contributed by atoms with van der Waals surface area (Å²) in [5, 5.41) is 12.2. The Bertz CT molecular complexity index is 1360. The van der Waals surface area contributed by atoms with E-state index in [1.807, 2.05) is 0 Å². The molecule has 3 aromatic rings. The van der Waals surface area contributed by atoms with Crippen molar-refractivity contribution in [1.82, 2.24) is 10.9 Å². The van der Waals surface area contributed by atoms with E-state index in [1.54, 1.807) is 60.7 Å². The summed E-state index contributed by atoms with van der Waals surface area (Å²) in [6.45, 7) is 0. The van der Waals surface area contributed by atoms with Crippen molar-refractivity contribution in [3.63, 3.8) is 0 Å². The average molecular weight is 567 g/mol. The number of amides is 2.